The molecular formula is C21H31N5O5. The highest BCUT2D eigenvalue weighted by Gasteiger charge is 2.36. The molecule has 2 fully saturated rings. The highest BCUT2D eigenvalue weighted by atomic mass is 16.6. The number of rotatable bonds is 7. The number of carbonyl (C=O) groups is 2. The Kier molecular flexibility index (Phi) is 9.24. The SMILES string of the molecule is C=C(/C(C#N)=C\C(=C)[N+](=O)[O-])N1CCCC1.CC(C)(C)OC(=O)NC(C(N)=O)C1CC1. The quantitative estimate of drug-likeness (QED) is 0.271. The summed E-state index contributed by atoms with van der Waals surface area (Å²) in [7, 11) is 0. The molecule has 1 heterocycles. The van der Waals surface area contributed by atoms with Gasteiger partial charge in [0.05, 0.1) is 10.5 Å². The van der Waals surface area contributed by atoms with Gasteiger partial charge in [0.2, 0.25) is 5.91 Å². The van der Waals surface area contributed by atoms with E-state index in [0.717, 1.165) is 38.8 Å². The van der Waals surface area contributed by atoms with Crippen LogP contribution in [-0.4, -0.2) is 46.6 Å². The number of alkyl carbamates (subject to hydrolysis) is 1. The van der Waals surface area contributed by atoms with Crippen LogP contribution >= 0.6 is 0 Å². The Morgan fingerprint density at radius 3 is 2.26 bits per heavy atom. The molecule has 1 aliphatic heterocycles. The van der Waals surface area contributed by atoms with Crippen LogP contribution < -0.4 is 11.1 Å². The van der Waals surface area contributed by atoms with Gasteiger partial charge in [-0.2, -0.15) is 5.26 Å². The van der Waals surface area contributed by atoms with Gasteiger partial charge >= 0.3 is 6.09 Å². The van der Waals surface area contributed by atoms with Gasteiger partial charge in [-0.15, -0.1) is 0 Å². The Labute approximate surface area is 182 Å². The number of primary amides is 1. The van der Waals surface area contributed by atoms with Crippen molar-refractivity contribution in [1.29, 1.82) is 5.26 Å². The summed E-state index contributed by atoms with van der Waals surface area (Å²) in [4.78, 5) is 34.1. The van der Waals surface area contributed by atoms with Gasteiger partial charge < -0.3 is 20.7 Å². The summed E-state index contributed by atoms with van der Waals surface area (Å²) in [6, 6.07) is 1.34. The third kappa shape index (κ3) is 9.33. The van der Waals surface area contributed by atoms with Crippen molar-refractivity contribution in [3.63, 3.8) is 0 Å². The van der Waals surface area contributed by atoms with E-state index in [0.29, 0.717) is 5.70 Å². The maximum Gasteiger partial charge on any atom is 0.408 e. The normalized spacial score (nSPS) is 16.8. The summed E-state index contributed by atoms with van der Waals surface area (Å²) < 4.78 is 5.04. The number of nitrogens with two attached hydrogens (primary N) is 1. The largest absolute Gasteiger partial charge is 0.444 e. The fourth-order valence-electron chi connectivity index (χ4n) is 2.84. The van der Waals surface area contributed by atoms with Gasteiger partial charge in [-0.3, -0.25) is 14.9 Å². The molecule has 2 rings (SSSR count). The van der Waals surface area contributed by atoms with Crippen LogP contribution in [0.25, 0.3) is 0 Å². The van der Waals surface area contributed by atoms with Crippen molar-refractivity contribution in [2.24, 2.45) is 11.7 Å². The minimum absolute atomic E-state index is 0.190. The van der Waals surface area contributed by atoms with Crippen molar-refractivity contribution in [2.75, 3.05) is 13.1 Å². The molecule has 31 heavy (non-hydrogen) atoms. The molecule has 10 nitrogen and oxygen atoms in total. The molecule has 1 saturated carbocycles. The molecule has 1 atom stereocenters. The van der Waals surface area contributed by atoms with E-state index in [9.17, 15) is 19.7 Å². The third-order valence-electron chi connectivity index (χ3n) is 4.54. The first-order valence-corrected chi connectivity index (χ1v) is 10.0. The Balaban J connectivity index is 0.000000311. The molecule has 0 radical (unpaired) electrons. The molecule has 0 aromatic heterocycles. The number of nitro groups is 1. The summed E-state index contributed by atoms with van der Waals surface area (Å²) in [5.74, 6) is -0.307. The topological polar surface area (TPSA) is 152 Å². The fourth-order valence-corrected chi connectivity index (χ4v) is 2.84. The van der Waals surface area contributed by atoms with E-state index in [1.165, 1.54) is 6.08 Å². The minimum atomic E-state index is -0.616. The number of carbonyl (C=O) groups excluding carboxylic acids is 2. The van der Waals surface area contributed by atoms with Gasteiger partial charge in [0.1, 0.15) is 17.7 Å². The van der Waals surface area contributed by atoms with E-state index >= 15 is 0 Å². The van der Waals surface area contributed by atoms with Gasteiger partial charge in [-0.25, -0.2) is 4.79 Å². The molecule has 0 bridgehead atoms. The lowest BCUT2D eigenvalue weighted by Crippen LogP contribution is -2.47. The van der Waals surface area contributed by atoms with Crippen molar-refractivity contribution >= 4 is 12.0 Å². The van der Waals surface area contributed by atoms with Crippen LogP contribution in [0.4, 0.5) is 4.79 Å². The molecule has 1 saturated heterocycles. The predicted molar refractivity (Wildman–Crippen MR) is 115 cm³/mol. The number of hydrogen-bond donors (Lipinski definition) is 2. The first kappa shape index (κ1) is 25.7. The van der Waals surface area contributed by atoms with E-state index in [-0.39, 0.29) is 17.2 Å². The van der Waals surface area contributed by atoms with Crippen molar-refractivity contribution in [2.45, 2.75) is 58.1 Å². The van der Waals surface area contributed by atoms with Gasteiger partial charge in [0.25, 0.3) is 5.70 Å². The Morgan fingerprint density at radius 1 is 1.32 bits per heavy atom. The molecule has 10 heteroatoms. The zero-order valence-corrected chi connectivity index (χ0v) is 18.3. The number of hydrogen-bond acceptors (Lipinski definition) is 7. The average molecular weight is 434 g/mol. The first-order chi connectivity index (χ1) is 14.4. The van der Waals surface area contributed by atoms with E-state index in [2.05, 4.69) is 18.5 Å². The lowest BCUT2D eigenvalue weighted by atomic mass is 10.2. The van der Waals surface area contributed by atoms with Crippen molar-refractivity contribution < 1.29 is 19.2 Å². The predicted octanol–water partition coefficient (Wildman–Crippen LogP) is 2.61. The van der Waals surface area contributed by atoms with E-state index < -0.39 is 28.6 Å². The second-order valence-corrected chi connectivity index (χ2v) is 8.42. The average Bonchev–Trinajstić information content (AvgIpc) is 3.34. The minimum Gasteiger partial charge on any atom is -0.444 e. The van der Waals surface area contributed by atoms with Crippen molar-refractivity contribution in [1.82, 2.24) is 10.2 Å². The Bertz CT molecular complexity index is 796. The monoisotopic (exact) mass is 433 g/mol. The number of amides is 2. The van der Waals surface area contributed by atoms with Gasteiger partial charge in [0.15, 0.2) is 0 Å². The number of allylic oxidation sites excluding steroid dienone is 2. The van der Waals surface area contributed by atoms with Crippen molar-refractivity contribution in [3.8, 4) is 6.07 Å². The fraction of sp³-hybridized carbons (Fsp3) is 0.571. The number of nitrogens with one attached hydrogen (secondary N) is 1. The summed E-state index contributed by atoms with van der Waals surface area (Å²) in [5.41, 5.74) is 5.08. The van der Waals surface area contributed by atoms with E-state index in [1.807, 2.05) is 11.0 Å². The number of likely N-dealkylation sites (tertiary alicyclic amines) is 1. The first-order valence-electron chi connectivity index (χ1n) is 10.0. The molecular weight excluding hydrogens is 402 g/mol. The summed E-state index contributed by atoms with van der Waals surface area (Å²) in [6.45, 7) is 14.1. The molecule has 0 aromatic carbocycles. The number of nitriles is 1. The van der Waals surface area contributed by atoms with Crippen LogP contribution in [0.3, 0.4) is 0 Å². The van der Waals surface area contributed by atoms with Gasteiger partial charge in [-0.1, -0.05) is 6.58 Å². The molecule has 3 N–H and O–H groups in total. The second-order valence-electron chi connectivity index (χ2n) is 8.42. The summed E-state index contributed by atoms with van der Waals surface area (Å²) >= 11 is 0. The molecule has 0 spiro atoms. The van der Waals surface area contributed by atoms with Crippen LogP contribution in [0, 0.1) is 27.4 Å². The summed E-state index contributed by atoms with van der Waals surface area (Å²) in [5, 5.41) is 21.8. The van der Waals surface area contributed by atoms with E-state index in [4.69, 9.17) is 15.7 Å². The number of ether oxygens (including phenoxy) is 1. The van der Waals surface area contributed by atoms with Crippen LogP contribution in [0.2, 0.25) is 0 Å². The molecule has 0 aromatic rings. The maximum atomic E-state index is 11.4. The maximum absolute atomic E-state index is 11.4. The summed E-state index contributed by atoms with van der Waals surface area (Å²) in [6.07, 6.45) is 4.58. The van der Waals surface area contributed by atoms with Crippen molar-refractivity contribution in [3.05, 3.63) is 46.3 Å². The smallest absolute Gasteiger partial charge is 0.408 e. The lowest BCUT2D eigenvalue weighted by Gasteiger charge is -2.22. The van der Waals surface area contributed by atoms with Gasteiger partial charge in [-0.05, 0) is 59.0 Å². The molecule has 1 unspecified atom stereocenters. The van der Waals surface area contributed by atoms with Crippen LogP contribution in [0.15, 0.2) is 36.2 Å². The molecule has 2 aliphatic rings. The highest BCUT2D eigenvalue weighted by Crippen LogP contribution is 2.32. The second kappa shape index (κ2) is 11.2. The number of nitrogens with zero attached hydrogens (tertiary/aromatic N) is 3. The van der Waals surface area contributed by atoms with E-state index in [1.54, 1.807) is 20.8 Å². The Morgan fingerprint density at radius 2 is 1.87 bits per heavy atom. The third-order valence-corrected chi connectivity index (χ3v) is 4.54. The highest BCUT2D eigenvalue weighted by molar-refractivity contribution is 5.84. The van der Waals surface area contributed by atoms with Crippen LogP contribution in [-0.2, 0) is 9.53 Å². The zero-order valence-electron chi connectivity index (χ0n) is 18.3. The van der Waals surface area contributed by atoms with Crippen LogP contribution in [0.5, 0.6) is 0 Å². The zero-order chi connectivity index (χ0) is 23.8. The lowest BCUT2D eigenvalue weighted by molar-refractivity contribution is -0.418. The van der Waals surface area contributed by atoms with Crippen LogP contribution in [0.1, 0.15) is 46.5 Å². The molecule has 170 valence electrons. The molecule has 1 aliphatic carbocycles. The molecule has 2 amide bonds. The Hall–Kier alpha value is -3.35. The standard InChI is InChI=1S/C11H13N3O2.C10H18N2O3/c1-9(14(15)16)7-11(8-12)10(2)13-5-3-4-6-13;1-10(2,3)15-9(14)12-7(8(11)13)6-4-5-6/h7H,1-6H2;6-7H,4-5H2,1-3H3,(H2,11,13)(H,12,14)/b11-7-;. The van der Waals surface area contributed by atoms with Gasteiger partial charge in [0, 0.05) is 24.9 Å².